The predicted octanol–water partition coefficient (Wildman–Crippen LogP) is 6.09. The molecule has 0 saturated heterocycles. The van der Waals surface area contributed by atoms with Crippen molar-refractivity contribution in [1.29, 1.82) is 0 Å². The Labute approximate surface area is 153 Å². The van der Waals surface area contributed by atoms with Crippen LogP contribution in [0.5, 0.6) is 11.5 Å². The molecule has 2 aromatic rings. The summed E-state index contributed by atoms with van der Waals surface area (Å²) in [6.07, 6.45) is 0. The maximum atomic E-state index is 11.5. The van der Waals surface area contributed by atoms with Gasteiger partial charge in [0.2, 0.25) is 0 Å². The fourth-order valence-electron chi connectivity index (χ4n) is 1.73. The number of carbonyl (C=O) groups is 1. The molecule has 7 heteroatoms. The van der Waals surface area contributed by atoms with Crippen LogP contribution < -0.4 is 4.74 Å². The summed E-state index contributed by atoms with van der Waals surface area (Å²) >= 11 is 19.4. The fraction of sp³-hybridized carbons (Fsp3) is 0.188. The molecule has 1 atom stereocenters. The van der Waals surface area contributed by atoms with E-state index in [2.05, 4.69) is 0 Å². The van der Waals surface area contributed by atoms with Crippen LogP contribution in [0.2, 0.25) is 15.1 Å². The molecule has 0 aromatic heterocycles. The molecule has 0 aliphatic heterocycles. The summed E-state index contributed by atoms with van der Waals surface area (Å²) in [6, 6.07) is 10.1. The van der Waals surface area contributed by atoms with Crippen molar-refractivity contribution in [3.63, 3.8) is 0 Å². The lowest BCUT2D eigenvalue weighted by Crippen LogP contribution is -2.14. The lowest BCUT2D eigenvalue weighted by Gasteiger charge is -2.13. The molecular weight excluding hydrogens is 379 g/mol. The van der Waals surface area contributed by atoms with Crippen molar-refractivity contribution in [2.24, 2.45) is 0 Å². The van der Waals surface area contributed by atoms with E-state index in [4.69, 9.17) is 44.3 Å². The summed E-state index contributed by atoms with van der Waals surface area (Å²) in [7, 11) is 1.35. The largest absolute Gasteiger partial charge is 0.468 e. The lowest BCUT2D eigenvalue weighted by molar-refractivity contribution is -0.139. The van der Waals surface area contributed by atoms with Gasteiger partial charge in [-0.2, -0.15) is 0 Å². The van der Waals surface area contributed by atoms with Crippen LogP contribution in [-0.2, 0) is 9.53 Å². The first kappa shape index (κ1) is 18.3. The number of carbonyl (C=O) groups excluding carboxylic acids is 1. The van der Waals surface area contributed by atoms with Crippen LogP contribution in [0.15, 0.2) is 41.3 Å². The Balaban J connectivity index is 2.21. The molecule has 0 bridgehead atoms. The van der Waals surface area contributed by atoms with Crippen molar-refractivity contribution >= 4 is 52.5 Å². The van der Waals surface area contributed by atoms with Crippen molar-refractivity contribution in [3.8, 4) is 11.5 Å². The van der Waals surface area contributed by atoms with E-state index in [1.165, 1.54) is 18.9 Å². The van der Waals surface area contributed by atoms with Gasteiger partial charge in [-0.05, 0) is 43.3 Å². The molecule has 0 N–H and O–H groups in total. The minimum absolute atomic E-state index is 0.321. The van der Waals surface area contributed by atoms with Gasteiger partial charge in [-0.3, -0.25) is 4.79 Å². The van der Waals surface area contributed by atoms with E-state index in [0.29, 0.717) is 31.5 Å². The Morgan fingerprint density at radius 2 is 1.83 bits per heavy atom. The van der Waals surface area contributed by atoms with Gasteiger partial charge in [0, 0.05) is 9.92 Å². The van der Waals surface area contributed by atoms with E-state index in [-0.39, 0.29) is 11.2 Å². The minimum atomic E-state index is -0.383. The number of hydrogen-bond acceptors (Lipinski definition) is 4. The second kappa shape index (κ2) is 8.15. The predicted molar refractivity (Wildman–Crippen MR) is 95.3 cm³/mol. The average Bonchev–Trinajstić information content (AvgIpc) is 2.52. The Morgan fingerprint density at radius 1 is 1.09 bits per heavy atom. The zero-order valence-corrected chi connectivity index (χ0v) is 15.4. The van der Waals surface area contributed by atoms with E-state index >= 15 is 0 Å². The van der Waals surface area contributed by atoms with Crippen molar-refractivity contribution in [2.45, 2.75) is 17.1 Å². The monoisotopic (exact) mass is 390 g/mol. The van der Waals surface area contributed by atoms with Crippen molar-refractivity contribution < 1.29 is 14.3 Å². The summed E-state index contributed by atoms with van der Waals surface area (Å²) in [5.41, 5.74) is 0. The Morgan fingerprint density at radius 3 is 2.48 bits per heavy atom. The Bertz CT molecular complexity index is 722. The molecule has 2 aromatic carbocycles. The third kappa shape index (κ3) is 4.95. The van der Waals surface area contributed by atoms with Gasteiger partial charge in [0.15, 0.2) is 0 Å². The van der Waals surface area contributed by atoms with Crippen molar-refractivity contribution in [1.82, 2.24) is 0 Å². The second-order valence-electron chi connectivity index (χ2n) is 4.55. The van der Waals surface area contributed by atoms with Crippen molar-refractivity contribution in [2.75, 3.05) is 7.11 Å². The highest BCUT2D eigenvalue weighted by Gasteiger charge is 2.17. The molecule has 0 fully saturated rings. The topological polar surface area (TPSA) is 35.5 Å². The van der Waals surface area contributed by atoms with Crippen LogP contribution in [0.4, 0.5) is 0 Å². The number of hydrogen-bond donors (Lipinski definition) is 0. The van der Waals surface area contributed by atoms with E-state index in [1.807, 2.05) is 0 Å². The molecule has 23 heavy (non-hydrogen) atoms. The number of benzene rings is 2. The molecule has 3 nitrogen and oxygen atoms in total. The zero-order chi connectivity index (χ0) is 17.0. The van der Waals surface area contributed by atoms with E-state index in [1.54, 1.807) is 43.3 Å². The zero-order valence-electron chi connectivity index (χ0n) is 12.3. The molecular formula is C16H13Cl3O3S. The molecule has 0 aliphatic carbocycles. The summed E-state index contributed by atoms with van der Waals surface area (Å²) in [5, 5.41) is 1.08. The number of ether oxygens (including phenoxy) is 2. The van der Waals surface area contributed by atoms with Gasteiger partial charge < -0.3 is 9.47 Å². The van der Waals surface area contributed by atoms with Crippen molar-refractivity contribution in [3.05, 3.63) is 51.5 Å². The molecule has 2 rings (SSSR count). The van der Waals surface area contributed by atoms with Crippen LogP contribution in [0.1, 0.15) is 6.92 Å². The van der Waals surface area contributed by atoms with Gasteiger partial charge in [0.05, 0.1) is 17.2 Å². The van der Waals surface area contributed by atoms with Crippen LogP contribution in [0.25, 0.3) is 0 Å². The minimum Gasteiger partial charge on any atom is -0.468 e. The SMILES string of the molecule is COC(=O)C(C)Sc1cc(Oc2ccc(Cl)cc2Cl)ccc1Cl. The van der Waals surface area contributed by atoms with Crippen LogP contribution in [0, 0.1) is 0 Å². The molecule has 0 saturated carbocycles. The van der Waals surface area contributed by atoms with E-state index < -0.39 is 0 Å². The maximum Gasteiger partial charge on any atom is 0.318 e. The number of thioether (sulfide) groups is 1. The molecule has 0 heterocycles. The third-order valence-corrected chi connectivity index (χ3v) is 4.97. The van der Waals surface area contributed by atoms with Gasteiger partial charge in [0.1, 0.15) is 16.7 Å². The highest BCUT2D eigenvalue weighted by Crippen LogP contribution is 2.37. The lowest BCUT2D eigenvalue weighted by atomic mass is 10.3. The highest BCUT2D eigenvalue weighted by atomic mass is 35.5. The maximum absolute atomic E-state index is 11.5. The van der Waals surface area contributed by atoms with E-state index in [0.717, 1.165) is 0 Å². The number of methoxy groups -OCH3 is 1. The first-order valence-corrected chi connectivity index (χ1v) is 8.59. The first-order valence-electron chi connectivity index (χ1n) is 6.57. The van der Waals surface area contributed by atoms with Crippen LogP contribution >= 0.6 is 46.6 Å². The van der Waals surface area contributed by atoms with Crippen LogP contribution in [0.3, 0.4) is 0 Å². The quantitative estimate of drug-likeness (QED) is 0.456. The third-order valence-electron chi connectivity index (χ3n) is 2.86. The second-order valence-corrected chi connectivity index (χ2v) is 7.19. The normalized spacial score (nSPS) is 11.9. The molecule has 0 radical (unpaired) electrons. The number of halogens is 3. The number of esters is 1. The van der Waals surface area contributed by atoms with Gasteiger partial charge in [-0.1, -0.05) is 34.8 Å². The summed E-state index contributed by atoms with van der Waals surface area (Å²) in [4.78, 5) is 12.2. The summed E-state index contributed by atoms with van der Waals surface area (Å²) in [5.74, 6) is 0.715. The van der Waals surface area contributed by atoms with E-state index in [9.17, 15) is 4.79 Å². The molecule has 0 amide bonds. The summed E-state index contributed by atoms with van der Waals surface area (Å²) < 4.78 is 10.5. The van der Waals surface area contributed by atoms with Gasteiger partial charge in [-0.15, -0.1) is 11.8 Å². The highest BCUT2D eigenvalue weighted by molar-refractivity contribution is 8.00. The molecule has 122 valence electrons. The van der Waals surface area contributed by atoms with Gasteiger partial charge >= 0.3 is 5.97 Å². The molecule has 0 spiro atoms. The van der Waals surface area contributed by atoms with Gasteiger partial charge in [-0.25, -0.2) is 0 Å². The summed E-state index contributed by atoms with van der Waals surface area (Å²) in [6.45, 7) is 1.75. The standard InChI is InChI=1S/C16H13Cl3O3S/c1-9(16(20)21-2)23-15-8-11(4-5-12(15)18)22-14-6-3-10(17)7-13(14)19/h3-9H,1-2H3. The smallest absolute Gasteiger partial charge is 0.318 e. The Hall–Kier alpha value is -1.07. The first-order chi connectivity index (χ1) is 10.9. The Kier molecular flexibility index (Phi) is 6.48. The van der Waals surface area contributed by atoms with Gasteiger partial charge in [0.25, 0.3) is 0 Å². The number of rotatable bonds is 5. The fourth-order valence-corrected chi connectivity index (χ4v) is 3.36. The molecule has 0 aliphatic rings. The average molecular weight is 392 g/mol. The molecule has 1 unspecified atom stereocenters. The van der Waals surface area contributed by atoms with Crippen LogP contribution in [-0.4, -0.2) is 18.3 Å².